The second-order valence-electron chi connectivity index (χ2n) is 4.36. The highest BCUT2D eigenvalue weighted by atomic mass is 79.9. The number of rotatable bonds is 4. The molecule has 0 aliphatic heterocycles. The molecule has 4 heteroatoms. The number of aliphatic hydroxyl groups is 1. The standard InChI is InChI=1S/C15H15BrClNO/c16-11-6-7-14(17)12(8-11)15(19)13(9-18)10-4-2-1-3-5-10/h1-8,13,15,19H,9,18H2. The summed E-state index contributed by atoms with van der Waals surface area (Å²) >= 11 is 9.55. The van der Waals surface area contributed by atoms with E-state index in [1.807, 2.05) is 42.5 Å². The Morgan fingerprint density at radius 2 is 1.84 bits per heavy atom. The van der Waals surface area contributed by atoms with Crippen LogP contribution in [0.1, 0.15) is 23.1 Å². The molecule has 0 saturated carbocycles. The molecule has 0 fully saturated rings. The fraction of sp³-hybridized carbons (Fsp3) is 0.200. The quantitative estimate of drug-likeness (QED) is 0.887. The molecule has 0 aromatic heterocycles. The smallest absolute Gasteiger partial charge is 0.0885 e. The van der Waals surface area contributed by atoms with Crippen LogP contribution in [-0.2, 0) is 0 Å². The molecule has 0 aliphatic carbocycles. The maximum atomic E-state index is 10.6. The summed E-state index contributed by atoms with van der Waals surface area (Å²) in [5, 5.41) is 11.1. The van der Waals surface area contributed by atoms with Crippen molar-refractivity contribution < 1.29 is 5.11 Å². The number of halogens is 2. The molecule has 3 N–H and O–H groups in total. The Morgan fingerprint density at radius 3 is 2.47 bits per heavy atom. The number of hydrogen-bond acceptors (Lipinski definition) is 2. The Morgan fingerprint density at radius 1 is 1.16 bits per heavy atom. The Bertz CT molecular complexity index is 547. The molecule has 2 aromatic carbocycles. The van der Waals surface area contributed by atoms with Crippen molar-refractivity contribution in [3.63, 3.8) is 0 Å². The Balaban J connectivity index is 2.36. The van der Waals surface area contributed by atoms with E-state index < -0.39 is 6.10 Å². The van der Waals surface area contributed by atoms with Crippen LogP contribution in [0.4, 0.5) is 0 Å². The summed E-state index contributed by atoms with van der Waals surface area (Å²) in [5.74, 6) is -0.173. The van der Waals surface area contributed by atoms with E-state index >= 15 is 0 Å². The van der Waals surface area contributed by atoms with Crippen LogP contribution in [0.3, 0.4) is 0 Å². The van der Waals surface area contributed by atoms with Gasteiger partial charge in [0.2, 0.25) is 0 Å². The van der Waals surface area contributed by atoms with Gasteiger partial charge in [-0.3, -0.25) is 0 Å². The molecule has 2 unspecified atom stereocenters. The fourth-order valence-electron chi connectivity index (χ4n) is 2.11. The van der Waals surface area contributed by atoms with Crippen molar-refractivity contribution in [2.45, 2.75) is 12.0 Å². The van der Waals surface area contributed by atoms with Gasteiger partial charge < -0.3 is 10.8 Å². The largest absolute Gasteiger partial charge is 0.388 e. The van der Waals surface area contributed by atoms with E-state index in [-0.39, 0.29) is 5.92 Å². The molecule has 0 saturated heterocycles. The zero-order valence-electron chi connectivity index (χ0n) is 10.3. The van der Waals surface area contributed by atoms with Crippen LogP contribution >= 0.6 is 27.5 Å². The van der Waals surface area contributed by atoms with Gasteiger partial charge in [0.25, 0.3) is 0 Å². The molecular formula is C15H15BrClNO. The Labute approximate surface area is 126 Å². The third kappa shape index (κ3) is 3.37. The highest BCUT2D eigenvalue weighted by Gasteiger charge is 2.23. The fourth-order valence-corrected chi connectivity index (χ4v) is 2.71. The van der Waals surface area contributed by atoms with E-state index in [4.69, 9.17) is 17.3 Å². The molecule has 0 radical (unpaired) electrons. The van der Waals surface area contributed by atoms with Gasteiger partial charge in [-0.1, -0.05) is 57.9 Å². The van der Waals surface area contributed by atoms with Crippen LogP contribution < -0.4 is 5.73 Å². The van der Waals surface area contributed by atoms with Crippen LogP contribution in [0, 0.1) is 0 Å². The monoisotopic (exact) mass is 339 g/mol. The molecule has 0 amide bonds. The third-order valence-corrected chi connectivity index (χ3v) is 3.98. The summed E-state index contributed by atoms with van der Waals surface area (Å²) in [4.78, 5) is 0. The summed E-state index contributed by atoms with van der Waals surface area (Å²) in [7, 11) is 0. The molecule has 100 valence electrons. The molecular weight excluding hydrogens is 326 g/mol. The van der Waals surface area contributed by atoms with Crippen molar-refractivity contribution >= 4 is 27.5 Å². The highest BCUT2D eigenvalue weighted by Crippen LogP contribution is 2.35. The van der Waals surface area contributed by atoms with Gasteiger partial charge in [0.15, 0.2) is 0 Å². The van der Waals surface area contributed by atoms with Crippen LogP contribution in [-0.4, -0.2) is 11.7 Å². The normalized spacial score (nSPS) is 14.1. The van der Waals surface area contributed by atoms with Gasteiger partial charge in [0.1, 0.15) is 0 Å². The van der Waals surface area contributed by atoms with Crippen LogP contribution in [0.15, 0.2) is 53.0 Å². The van der Waals surface area contributed by atoms with Gasteiger partial charge in [0, 0.05) is 27.5 Å². The van der Waals surface area contributed by atoms with Crippen molar-refractivity contribution in [3.05, 3.63) is 69.2 Å². The lowest BCUT2D eigenvalue weighted by molar-refractivity contribution is 0.147. The average molecular weight is 341 g/mol. The summed E-state index contributed by atoms with van der Waals surface area (Å²) < 4.78 is 0.884. The number of aliphatic hydroxyl groups excluding tert-OH is 1. The van der Waals surface area contributed by atoms with Crippen LogP contribution in [0.5, 0.6) is 0 Å². The van der Waals surface area contributed by atoms with Gasteiger partial charge in [0.05, 0.1) is 6.10 Å². The Hall–Kier alpha value is -0.870. The second-order valence-corrected chi connectivity index (χ2v) is 5.69. The first-order valence-electron chi connectivity index (χ1n) is 6.01. The summed E-state index contributed by atoms with van der Waals surface area (Å²) in [6, 6.07) is 15.2. The molecule has 19 heavy (non-hydrogen) atoms. The number of nitrogens with two attached hydrogens (primary N) is 1. The van der Waals surface area contributed by atoms with Gasteiger partial charge in [-0.2, -0.15) is 0 Å². The summed E-state index contributed by atoms with van der Waals surface area (Å²) in [5.41, 5.74) is 7.51. The van der Waals surface area contributed by atoms with Gasteiger partial charge in [-0.05, 0) is 23.8 Å². The van der Waals surface area contributed by atoms with E-state index in [1.165, 1.54) is 0 Å². The minimum atomic E-state index is -0.725. The first-order chi connectivity index (χ1) is 9.13. The molecule has 2 atom stereocenters. The van der Waals surface area contributed by atoms with Crippen molar-refractivity contribution in [3.8, 4) is 0 Å². The molecule has 2 rings (SSSR count). The van der Waals surface area contributed by atoms with E-state index in [9.17, 15) is 5.11 Å². The molecule has 2 nitrogen and oxygen atoms in total. The van der Waals surface area contributed by atoms with Gasteiger partial charge in [-0.15, -0.1) is 0 Å². The lowest BCUT2D eigenvalue weighted by atomic mass is 9.89. The van der Waals surface area contributed by atoms with E-state index in [1.54, 1.807) is 6.07 Å². The summed E-state index contributed by atoms with van der Waals surface area (Å²) in [6.07, 6.45) is -0.725. The summed E-state index contributed by atoms with van der Waals surface area (Å²) in [6.45, 7) is 0.355. The molecule has 0 bridgehead atoms. The lowest BCUT2D eigenvalue weighted by Gasteiger charge is -2.23. The second kappa shape index (κ2) is 6.53. The predicted molar refractivity (Wildman–Crippen MR) is 82.3 cm³/mol. The van der Waals surface area contributed by atoms with Crippen LogP contribution in [0.2, 0.25) is 5.02 Å². The van der Waals surface area contributed by atoms with Crippen molar-refractivity contribution in [1.29, 1.82) is 0 Å². The maximum absolute atomic E-state index is 10.6. The van der Waals surface area contributed by atoms with E-state index in [0.29, 0.717) is 17.1 Å². The van der Waals surface area contributed by atoms with Crippen molar-refractivity contribution in [2.24, 2.45) is 5.73 Å². The van der Waals surface area contributed by atoms with Gasteiger partial charge >= 0.3 is 0 Å². The van der Waals surface area contributed by atoms with Crippen molar-refractivity contribution in [2.75, 3.05) is 6.54 Å². The number of benzene rings is 2. The minimum absolute atomic E-state index is 0.173. The van der Waals surface area contributed by atoms with E-state index in [0.717, 1.165) is 10.0 Å². The average Bonchev–Trinajstić information content (AvgIpc) is 2.43. The zero-order valence-corrected chi connectivity index (χ0v) is 12.6. The first kappa shape index (κ1) is 14.5. The Kier molecular flexibility index (Phi) is 4.99. The molecule has 0 aliphatic rings. The number of hydrogen-bond donors (Lipinski definition) is 2. The highest BCUT2D eigenvalue weighted by molar-refractivity contribution is 9.10. The van der Waals surface area contributed by atoms with E-state index in [2.05, 4.69) is 15.9 Å². The van der Waals surface area contributed by atoms with Crippen molar-refractivity contribution in [1.82, 2.24) is 0 Å². The SMILES string of the molecule is NCC(c1ccccc1)C(O)c1cc(Br)ccc1Cl. The third-order valence-electron chi connectivity index (χ3n) is 3.14. The molecule has 2 aromatic rings. The first-order valence-corrected chi connectivity index (χ1v) is 7.18. The predicted octanol–water partition coefficient (Wildman–Crippen LogP) is 3.88. The molecule has 0 heterocycles. The lowest BCUT2D eigenvalue weighted by Crippen LogP contribution is -2.20. The topological polar surface area (TPSA) is 46.2 Å². The minimum Gasteiger partial charge on any atom is -0.388 e. The van der Waals surface area contributed by atoms with Crippen LogP contribution in [0.25, 0.3) is 0 Å². The zero-order chi connectivity index (χ0) is 13.8. The molecule has 0 spiro atoms. The maximum Gasteiger partial charge on any atom is 0.0885 e. The van der Waals surface area contributed by atoms with Gasteiger partial charge in [-0.25, -0.2) is 0 Å².